The average Bonchev–Trinajstić information content (AvgIpc) is 1.23. The van der Waals surface area contributed by atoms with Crippen LogP contribution in [0.15, 0.2) is 243 Å². The largest absolute Gasteiger partial charge is 0.756 e. The van der Waals surface area contributed by atoms with Crippen molar-refractivity contribution in [2.24, 2.45) is 0 Å². The van der Waals surface area contributed by atoms with Gasteiger partial charge in [0, 0.05) is 12.8 Å². The summed E-state index contributed by atoms with van der Waals surface area (Å²) in [6, 6.07) is 0. The van der Waals surface area contributed by atoms with Crippen LogP contribution in [0.1, 0.15) is 245 Å². The van der Waals surface area contributed by atoms with Crippen LogP contribution in [0.4, 0.5) is 0 Å². The van der Waals surface area contributed by atoms with E-state index < -0.39 is 32.5 Å². The third-order valence-electron chi connectivity index (χ3n) is 14.9. The Hall–Kier alpha value is -6.19. The first-order valence-electron chi connectivity index (χ1n) is 37.7. The Morgan fingerprint density at radius 1 is 0.316 bits per heavy atom. The molecule has 2 atom stereocenters. The molecule has 0 N–H and O–H groups in total. The highest BCUT2D eigenvalue weighted by Crippen LogP contribution is 2.38. The third kappa shape index (κ3) is 78.8. The van der Waals surface area contributed by atoms with E-state index in [9.17, 15) is 19.0 Å². The molecule has 0 aromatic heterocycles. The molecular weight excluding hydrogens is 1230 g/mol. The van der Waals surface area contributed by atoms with E-state index in [1.165, 1.54) is 38.5 Å². The molecule has 0 radical (unpaired) electrons. The van der Waals surface area contributed by atoms with Crippen LogP contribution in [0.2, 0.25) is 0 Å². The van der Waals surface area contributed by atoms with Crippen molar-refractivity contribution < 1.29 is 42.1 Å². The van der Waals surface area contributed by atoms with Crippen molar-refractivity contribution in [3.8, 4) is 0 Å². The molecule has 0 aliphatic rings. The molecule has 0 fully saturated rings. The predicted molar refractivity (Wildman–Crippen MR) is 424 cm³/mol. The van der Waals surface area contributed by atoms with Gasteiger partial charge in [0.1, 0.15) is 19.8 Å². The molecule has 9 nitrogen and oxygen atoms in total. The Morgan fingerprint density at radius 3 is 0.837 bits per heavy atom. The molecule has 0 aromatic rings. The van der Waals surface area contributed by atoms with Gasteiger partial charge < -0.3 is 27.9 Å². The van der Waals surface area contributed by atoms with Crippen LogP contribution in [-0.4, -0.2) is 70.0 Å². The summed E-state index contributed by atoms with van der Waals surface area (Å²) in [5.74, 6) is -0.908. The lowest BCUT2D eigenvalue weighted by molar-refractivity contribution is -0.870. The lowest BCUT2D eigenvalue weighted by Crippen LogP contribution is -2.37. The number of hydrogen-bond donors (Lipinski definition) is 0. The van der Waals surface area contributed by atoms with E-state index in [0.29, 0.717) is 23.9 Å². The van der Waals surface area contributed by atoms with Crippen LogP contribution in [0.5, 0.6) is 0 Å². The molecule has 0 bridgehead atoms. The van der Waals surface area contributed by atoms with Gasteiger partial charge in [-0.1, -0.05) is 308 Å². The van der Waals surface area contributed by atoms with Crippen LogP contribution >= 0.6 is 7.82 Å². The molecule has 0 aromatic carbocycles. The van der Waals surface area contributed by atoms with E-state index >= 15 is 0 Å². The lowest BCUT2D eigenvalue weighted by atomic mass is 10.1. The lowest BCUT2D eigenvalue weighted by Gasteiger charge is -2.28. The molecule has 0 spiro atoms. The number of nitrogens with zero attached hydrogens (tertiary/aromatic N) is 1. The van der Waals surface area contributed by atoms with Gasteiger partial charge in [-0.15, -0.1) is 0 Å². The van der Waals surface area contributed by atoms with Gasteiger partial charge in [-0.3, -0.25) is 14.2 Å². The Bertz CT molecular complexity index is 2560. The molecule has 0 aliphatic carbocycles. The molecule has 0 saturated carbocycles. The van der Waals surface area contributed by atoms with Crippen molar-refractivity contribution in [2.75, 3.05) is 47.5 Å². The van der Waals surface area contributed by atoms with Gasteiger partial charge in [0.25, 0.3) is 7.82 Å². The number of likely N-dealkylation sites (N-methyl/N-ethyl adjacent to an activating group) is 1. The summed E-state index contributed by atoms with van der Waals surface area (Å²) < 4.78 is 34.3. The standard InChI is InChI=1S/C88H136NO8P/c1-6-8-10-12-14-16-18-20-22-24-26-28-30-32-34-36-38-40-42-43-44-45-47-49-51-53-55-57-59-61-63-65-67-69-71-73-75-77-79-81-88(91)97-86(85-96-98(92,93)95-83-82-89(3,4)5)84-94-87(90)80-78-76-74-72-70-68-66-64-62-60-58-56-54-52-50-48-46-41-39-37-35-33-31-29-27-25-23-21-19-17-15-13-11-9-7-2/h8-11,14-17,20-23,26-29,32-35,38-41,43-44,47-50,53-56,59,61,65,67,71,73,86H,6-7,12-13,18-19,24-25,30-31,36-37,42,45-46,51-52,57-58,60,62-64,66,68-70,72,74-85H2,1-5H3/b10-8-,11-9-,16-14-,17-15-,22-20-,23-21-,28-26-,29-27-,34-32-,35-33-,40-38-,41-39-,44-43-,49-47-,50-48-,55-53-,56-54-,61-59-,67-65-,73-71-. The topological polar surface area (TPSA) is 111 Å². The minimum absolute atomic E-state index is 0.0537. The number of phosphoric acid groups is 1. The number of carbonyl (C=O) groups is 2. The summed E-state index contributed by atoms with van der Waals surface area (Å²) in [5.41, 5.74) is 0. The Balaban J connectivity index is 4.22. The fourth-order valence-corrected chi connectivity index (χ4v) is 9.91. The zero-order valence-electron chi connectivity index (χ0n) is 62.1. The van der Waals surface area contributed by atoms with Crippen molar-refractivity contribution in [3.63, 3.8) is 0 Å². The first-order valence-corrected chi connectivity index (χ1v) is 39.2. The Kier molecular flexibility index (Phi) is 70.3. The number of hydrogen-bond acceptors (Lipinski definition) is 8. The monoisotopic (exact) mass is 1370 g/mol. The summed E-state index contributed by atoms with van der Waals surface area (Å²) in [7, 11) is 1.10. The molecular formula is C88H136NO8P. The highest BCUT2D eigenvalue weighted by Gasteiger charge is 2.22. The zero-order chi connectivity index (χ0) is 71.1. The van der Waals surface area contributed by atoms with Gasteiger partial charge in [-0.05, 0) is 167 Å². The quantitative estimate of drug-likeness (QED) is 0.0195. The summed E-state index contributed by atoms with van der Waals surface area (Å²) >= 11 is 0. The molecule has 2 unspecified atom stereocenters. The molecule has 0 aliphatic heterocycles. The van der Waals surface area contributed by atoms with Crippen LogP contribution in [-0.2, 0) is 32.7 Å². The first kappa shape index (κ1) is 91.8. The third-order valence-corrected chi connectivity index (χ3v) is 15.8. The second kappa shape index (κ2) is 75.0. The fraction of sp³-hybridized carbons (Fsp3) is 0.523. The maximum absolute atomic E-state index is 12.9. The maximum Gasteiger partial charge on any atom is 0.306 e. The predicted octanol–water partition coefficient (Wildman–Crippen LogP) is 24.9. The van der Waals surface area contributed by atoms with Crippen molar-refractivity contribution in [2.45, 2.75) is 251 Å². The summed E-state index contributed by atoms with van der Waals surface area (Å²) in [6.45, 7) is 3.92. The second-order valence-corrected chi connectivity index (χ2v) is 26.6. The van der Waals surface area contributed by atoms with Gasteiger partial charge >= 0.3 is 11.9 Å². The molecule has 10 heteroatoms. The van der Waals surface area contributed by atoms with Gasteiger partial charge in [0.2, 0.25) is 0 Å². The van der Waals surface area contributed by atoms with Crippen LogP contribution in [0, 0.1) is 0 Å². The Morgan fingerprint density at radius 2 is 0.551 bits per heavy atom. The van der Waals surface area contributed by atoms with Crippen LogP contribution in [0.25, 0.3) is 0 Å². The molecule has 0 amide bonds. The number of phosphoric ester groups is 1. The van der Waals surface area contributed by atoms with Crippen molar-refractivity contribution in [3.05, 3.63) is 243 Å². The van der Waals surface area contributed by atoms with Gasteiger partial charge in [0.05, 0.1) is 27.7 Å². The number of ether oxygens (including phenoxy) is 2. The first-order chi connectivity index (χ1) is 48.0. The van der Waals surface area contributed by atoms with E-state index in [0.717, 1.165) is 167 Å². The Labute approximate surface area is 600 Å². The van der Waals surface area contributed by atoms with E-state index in [1.54, 1.807) is 0 Å². The maximum atomic E-state index is 12.9. The molecule has 98 heavy (non-hydrogen) atoms. The van der Waals surface area contributed by atoms with E-state index in [-0.39, 0.29) is 26.1 Å². The molecule has 0 saturated heterocycles. The number of quaternary nitrogens is 1. The highest BCUT2D eigenvalue weighted by atomic mass is 31.2. The fourth-order valence-electron chi connectivity index (χ4n) is 9.18. The smallest absolute Gasteiger partial charge is 0.306 e. The van der Waals surface area contributed by atoms with E-state index in [4.69, 9.17) is 18.5 Å². The minimum Gasteiger partial charge on any atom is -0.756 e. The van der Waals surface area contributed by atoms with Crippen LogP contribution in [0.3, 0.4) is 0 Å². The second-order valence-electron chi connectivity index (χ2n) is 25.2. The number of carbonyl (C=O) groups excluding carboxylic acids is 2. The average molecular weight is 1370 g/mol. The summed E-state index contributed by atoms with van der Waals surface area (Å²) in [6.07, 6.45) is 122. The van der Waals surface area contributed by atoms with E-state index in [1.807, 2.05) is 21.1 Å². The van der Waals surface area contributed by atoms with Gasteiger partial charge in [-0.2, -0.15) is 0 Å². The van der Waals surface area contributed by atoms with E-state index in [2.05, 4.69) is 257 Å². The van der Waals surface area contributed by atoms with Crippen molar-refractivity contribution in [1.29, 1.82) is 0 Å². The van der Waals surface area contributed by atoms with Crippen molar-refractivity contribution in [1.82, 2.24) is 0 Å². The number of allylic oxidation sites excluding steroid dienone is 40. The zero-order valence-corrected chi connectivity index (χ0v) is 63.0. The van der Waals surface area contributed by atoms with Gasteiger partial charge in [-0.25, -0.2) is 0 Å². The molecule has 546 valence electrons. The normalized spacial score (nSPS) is 14.5. The summed E-state index contributed by atoms with van der Waals surface area (Å²) in [5, 5.41) is 0. The summed E-state index contributed by atoms with van der Waals surface area (Å²) in [4.78, 5) is 38.1. The molecule has 0 heterocycles. The number of rotatable bonds is 66. The molecule has 0 rings (SSSR count). The minimum atomic E-state index is -4.68. The van der Waals surface area contributed by atoms with Gasteiger partial charge in [0.15, 0.2) is 6.10 Å². The highest BCUT2D eigenvalue weighted by molar-refractivity contribution is 7.45. The van der Waals surface area contributed by atoms with Crippen LogP contribution < -0.4 is 4.89 Å². The van der Waals surface area contributed by atoms with Crippen molar-refractivity contribution >= 4 is 19.8 Å². The number of unbranched alkanes of at least 4 members (excludes halogenated alkanes) is 12. The SMILES string of the molecule is CC/C=C\C/C=C\C/C=C\C/C=C\C/C=C\C/C=C\C/C=C\C/C=C\C/C=C\C/C=C\C/C=C\C/C=C\CCCCC(=O)OC(COC(=O)CCCCCCCCCCCC/C=C\C/C=C\C/C=C\C/C=C\C/C=C\C/C=C\C/C=C\C/C=C\CC)COP(=O)([O-])OCC[N+](C)(C)C. The number of esters is 2.